The Morgan fingerprint density at radius 1 is 1.09 bits per heavy atom. The van der Waals surface area contributed by atoms with E-state index in [0.717, 1.165) is 23.3 Å². The Hall–Kier alpha value is -3.74. The summed E-state index contributed by atoms with van der Waals surface area (Å²) < 4.78 is 16.6. The highest BCUT2D eigenvalue weighted by Crippen LogP contribution is 2.48. The summed E-state index contributed by atoms with van der Waals surface area (Å²) in [5.41, 5.74) is 3.28. The number of nitrogens with one attached hydrogen (secondary N) is 1. The van der Waals surface area contributed by atoms with Gasteiger partial charge < -0.3 is 24.1 Å². The molecule has 1 aromatic heterocycles. The number of aryl methyl sites for hydroxylation is 1. The van der Waals surface area contributed by atoms with Crippen LogP contribution < -0.4 is 14.8 Å². The van der Waals surface area contributed by atoms with E-state index in [1.165, 1.54) is 7.11 Å². The van der Waals surface area contributed by atoms with Gasteiger partial charge in [-0.3, -0.25) is 9.59 Å². The molecule has 7 heteroatoms. The van der Waals surface area contributed by atoms with Gasteiger partial charge in [-0.1, -0.05) is 24.3 Å². The fourth-order valence-corrected chi connectivity index (χ4v) is 5.00. The van der Waals surface area contributed by atoms with Crippen molar-refractivity contribution in [2.45, 2.75) is 31.8 Å². The zero-order valence-electron chi connectivity index (χ0n) is 18.9. The monoisotopic (exact) mass is 446 g/mol. The molecule has 0 spiro atoms. The second kappa shape index (κ2) is 8.31. The predicted molar refractivity (Wildman–Crippen MR) is 122 cm³/mol. The molecular weight excluding hydrogens is 420 g/mol. The van der Waals surface area contributed by atoms with E-state index < -0.39 is 12.0 Å². The van der Waals surface area contributed by atoms with Crippen LogP contribution in [0.3, 0.4) is 0 Å². The molecule has 2 atom stereocenters. The van der Waals surface area contributed by atoms with Crippen molar-refractivity contribution in [3.63, 3.8) is 0 Å². The first kappa shape index (κ1) is 21.1. The molecule has 3 aromatic rings. The number of hydrogen-bond acceptors (Lipinski definition) is 5. The molecule has 0 radical (unpaired) electrons. The Morgan fingerprint density at radius 2 is 1.85 bits per heavy atom. The van der Waals surface area contributed by atoms with E-state index in [1.54, 1.807) is 19.2 Å². The maximum atomic E-state index is 13.7. The minimum Gasteiger partial charge on any atom is -0.493 e. The zero-order valence-corrected chi connectivity index (χ0v) is 18.9. The molecule has 2 amide bonds. The third-order valence-electron chi connectivity index (χ3n) is 6.54. The van der Waals surface area contributed by atoms with E-state index >= 15 is 0 Å². The lowest BCUT2D eigenvalue weighted by atomic mass is 9.75. The molecule has 0 aliphatic carbocycles. The molecule has 0 unspecified atom stereocenters. The average molecular weight is 447 g/mol. The van der Waals surface area contributed by atoms with Gasteiger partial charge in [0.1, 0.15) is 11.5 Å². The molecule has 33 heavy (non-hydrogen) atoms. The Morgan fingerprint density at radius 3 is 2.58 bits per heavy atom. The lowest BCUT2D eigenvalue weighted by Crippen LogP contribution is -2.50. The van der Waals surface area contributed by atoms with E-state index in [9.17, 15) is 9.59 Å². The van der Waals surface area contributed by atoms with Gasteiger partial charge in [-0.05, 0) is 54.3 Å². The highest BCUT2D eigenvalue weighted by Gasteiger charge is 2.46. The van der Waals surface area contributed by atoms with Crippen LogP contribution in [0.25, 0.3) is 0 Å². The summed E-state index contributed by atoms with van der Waals surface area (Å²) >= 11 is 0. The fraction of sp³-hybridized carbons (Fsp3) is 0.308. The topological polar surface area (TPSA) is 81.0 Å². The lowest BCUT2D eigenvalue weighted by Gasteiger charge is -2.45. The number of methoxy groups -OCH3 is 2. The number of benzene rings is 2. The highest BCUT2D eigenvalue weighted by atomic mass is 16.5. The van der Waals surface area contributed by atoms with E-state index in [0.29, 0.717) is 34.9 Å². The van der Waals surface area contributed by atoms with E-state index in [4.69, 9.17) is 13.9 Å². The van der Waals surface area contributed by atoms with Gasteiger partial charge in [-0.25, -0.2) is 0 Å². The van der Waals surface area contributed by atoms with Gasteiger partial charge in [0.2, 0.25) is 5.91 Å². The Labute approximate surface area is 192 Å². The molecule has 5 rings (SSSR count). The third kappa shape index (κ3) is 3.53. The molecular formula is C26H26N2O5. The number of furan rings is 1. The number of carbonyl (C=O) groups excluding carboxylic acids is 2. The number of ether oxygens (including phenoxy) is 2. The third-order valence-corrected chi connectivity index (χ3v) is 6.54. The molecule has 3 heterocycles. The number of hydrogen-bond donors (Lipinski definition) is 1. The number of fused-ring (bicyclic) bond motifs is 4. The number of rotatable bonds is 5. The van der Waals surface area contributed by atoms with Crippen molar-refractivity contribution >= 4 is 11.8 Å². The second-order valence-electron chi connectivity index (χ2n) is 8.39. The minimum absolute atomic E-state index is 0.101. The molecule has 1 N–H and O–H groups in total. The van der Waals surface area contributed by atoms with Crippen molar-refractivity contribution in [3.8, 4) is 11.5 Å². The molecule has 0 bridgehead atoms. The molecule has 170 valence electrons. The molecule has 0 saturated carbocycles. The van der Waals surface area contributed by atoms with Crippen LogP contribution in [0.1, 0.15) is 50.5 Å². The molecule has 2 aliphatic rings. The molecule has 0 fully saturated rings. The van der Waals surface area contributed by atoms with Crippen LogP contribution in [-0.2, 0) is 17.8 Å². The molecule has 0 saturated heterocycles. The second-order valence-corrected chi connectivity index (χ2v) is 8.39. The van der Waals surface area contributed by atoms with Crippen LogP contribution in [0.2, 0.25) is 0 Å². The maximum Gasteiger partial charge on any atom is 0.254 e. The molecule has 7 nitrogen and oxygen atoms in total. The lowest BCUT2D eigenvalue weighted by molar-refractivity contribution is -0.124. The summed E-state index contributed by atoms with van der Waals surface area (Å²) in [5.74, 6) is 1.55. The van der Waals surface area contributed by atoms with Crippen molar-refractivity contribution in [1.29, 1.82) is 0 Å². The van der Waals surface area contributed by atoms with Crippen LogP contribution in [0.4, 0.5) is 0 Å². The first-order valence-electron chi connectivity index (χ1n) is 11.0. The largest absolute Gasteiger partial charge is 0.493 e. The predicted octanol–water partition coefficient (Wildman–Crippen LogP) is 3.76. The summed E-state index contributed by atoms with van der Waals surface area (Å²) in [7, 11) is 3.08. The highest BCUT2D eigenvalue weighted by molar-refractivity contribution is 6.02. The summed E-state index contributed by atoms with van der Waals surface area (Å²) in [6, 6.07) is 14.8. The molecule has 2 aromatic carbocycles. The van der Waals surface area contributed by atoms with Gasteiger partial charge in [0.25, 0.3) is 5.91 Å². The van der Waals surface area contributed by atoms with Crippen molar-refractivity contribution in [3.05, 3.63) is 82.3 Å². The van der Waals surface area contributed by atoms with Crippen LogP contribution >= 0.6 is 0 Å². The van der Waals surface area contributed by atoms with Crippen molar-refractivity contribution < 1.29 is 23.5 Å². The summed E-state index contributed by atoms with van der Waals surface area (Å²) in [6.07, 6.45) is 0.751. The van der Waals surface area contributed by atoms with Gasteiger partial charge in [0.15, 0.2) is 11.5 Å². The van der Waals surface area contributed by atoms with E-state index in [2.05, 4.69) is 11.4 Å². The quantitative estimate of drug-likeness (QED) is 0.646. The summed E-state index contributed by atoms with van der Waals surface area (Å²) in [6.45, 7) is 2.69. The van der Waals surface area contributed by atoms with E-state index in [1.807, 2.05) is 42.2 Å². The van der Waals surface area contributed by atoms with Crippen LogP contribution in [0.15, 0.2) is 52.9 Å². The van der Waals surface area contributed by atoms with Crippen molar-refractivity contribution in [2.24, 2.45) is 0 Å². The van der Waals surface area contributed by atoms with Gasteiger partial charge >= 0.3 is 0 Å². The van der Waals surface area contributed by atoms with Crippen molar-refractivity contribution in [1.82, 2.24) is 10.2 Å². The van der Waals surface area contributed by atoms with E-state index in [-0.39, 0.29) is 18.4 Å². The minimum atomic E-state index is -0.602. The smallest absolute Gasteiger partial charge is 0.254 e. The van der Waals surface area contributed by atoms with Crippen LogP contribution in [0.5, 0.6) is 11.5 Å². The Kier molecular flexibility index (Phi) is 5.32. The van der Waals surface area contributed by atoms with Crippen LogP contribution in [-0.4, -0.2) is 37.5 Å². The molecule has 2 aliphatic heterocycles. The zero-order chi connectivity index (χ0) is 23.1. The normalized spacial score (nSPS) is 18.8. The van der Waals surface area contributed by atoms with Crippen molar-refractivity contribution in [2.75, 3.05) is 20.8 Å². The first-order chi connectivity index (χ1) is 16.0. The fourth-order valence-electron chi connectivity index (χ4n) is 5.00. The van der Waals surface area contributed by atoms with Gasteiger partial charge in [-0.15, -0.1) is 0 Å². The number of nitrogens with zero attached hydrogens (tertiary/aromatic N) is 1. The first-order valence-corrected chi connectivity index (χ1v) is 11.0. The van der Waals surface area contributed by atoms with Crippen LogP contribution in [0, 0.1) is 6.92 Å². The Bertz CT molecular complexity index is 1230. The van der Waals surface area contributed by atoms with Gasteiger partial charge in [-0.2, -0.15) is 0 Å². The summed E-state index contributed by atoms with van der Waals surface area (Å²) in [5, 5.41) is 3.02. The van der Waals surface area contributed by atoms with Gasteiger partial charge in [0, 0.05) is 12.1 Å². The summed E-state index contributed by atoms with van der Waals surface area (Å²) in [4.78, 5) is 29.1. The maximum absolute atomic E-state index is 13.7. The standard InChI is InChI=1S/C26H26N2O5/c1-15-8-9-17(33-15)14-27-25(29)23-19-12-21(31-2)22(32-3)13-20(19)26(30)28-11-10-16-6-4-5-7-18(16)24(23)28/h4-9,12-13,23-24H,10-11,14H2,1-3H3,(H,27,29)/t23-,24+/m1/s1. The van der Waals surface area contributed by atoms with Gasteiger partial charge in [0.05, 0.1) is 32.7 Å². The Balaban J connectivity index is 1.62. The number of carbonyl (C=O) groups is 2. The number of amides is 2. The SMILES string of the molecule is COc1cc2c(cc1OC)[C@@H](C(=O)NCc1ccc(C)o1)[C@@H]1c3ccccc3CCN1C2=O. The average Bonchev–Trinajstić information content (AvgIpc) is 3.26.